The van der Waals surface area contributed by atoms with Crippen LogP contribution in [0.1, 0.15) is 16.2 Å². The van der Waals surface area contributed by atoms with Crippen LogP contribution in [0.15, 0.2) is 59.8 Å². The summed E-state index contributed by atoms with van der Waals surface area (Å²) in [5, 5.41) is 3.22. The average molecular weight is 389 g/mol. The number of carbonyl (C=O) groups excluding carboxylic acids is 1. The number of hydrogen-bond donors (Lipinski definition) is 2. The number of sulfonamides is 1. The van der Waals surface area contributed by atoms with E-state index >= 15 is 0 Å². The van der Waals surface area contributed by atoms with Gasteiger partial charge in [-0.15, -0.1) is 0 Å². The van der Waals surface area contributed by atoms with Crippen molar-refractivity contribution in [2.75, 3.05) is 5.32 Å². The smallest absolute Gasteiger partial charge is 0.276 e. The zero-order valence-corrected chi connectivity index (χ0v) is 14.9. The van der Waals surface area contributed by atoms with E-state index in [1.54, 1.807) is 47.0 Å². The van der Waals surface area contributed by atoms with Crippen molar-refractivity contribution < 1.29 is 13.2 Å². The van der Waals surface area contributed by atoms with E-state index in [0.29, 0.717) is 22.1 Å². The number of anilines is 1. The van der Waals surface area contributed by atoms with Crippen LogP contribution in [0.4, 0.5) is 5.69 Å². The fourth-order valence-corrected chi connectivity index (χ4v) is 4.19. The highest BCUT2D eigenvalue weighted by atomic mass is 35.5. The number of halogens is 1. The largest absolute Gasteiger partial charge is 0.321 e. The van der Waals surface area contributed by atoms with Crippen molar-refractivity contribution in [1.29, 1.82) is 0 Å². The molecule has 4 rings (SSSR count). The summed E-state index contributed by atoms with van der Waals surface area (Å²) in [6.45, 7) is -0.0463. The lowest BCUT2D eigenvalue weighted by atomic mass is 10.2. The van der Waals surface area contributed by atoms with E-state index in [2.05, 4.69) is 15.0 Å². The summed E-state index contributed by atoms with van der Waals surface area (Å²) in [7, 11) is -3.67. The van der Waals surface area contributed by atoms with Gasteiger partial charge in [-0.2, -0.15) is 0 Å². The summed E-state index contributed by atoms with van der Waals surface area (Å²) >= 11 is 5.93. The van der Waals surface area contributed by atoms with Crippen LogP contribution in [0.5, 0.6) is 0 Å². The van der Waals surface area contributed by atoms with Crippen LogP contribution in [0.3, 0.4) is 0 Å². The van der Waals surface area contributed by atoms with E-state index in [1.807, 2.05) is 0 Å². The van der Waals surface area contributed by atoms with Gasteiger partial charge >= 0.3 is 0 Å². The van der Waals surface area contributed by atoms with Gasteiger partial charge in [0.05, 0.1) is 17.9 Å². The molecule has 0 fully saturated rings. The van der Waals surface area contributed by atoms with Gasteiger partial charge < -0.3 is 5.32 Å². The molecule has 0 unspecified atom stereocenters. The van der Waals surface area contributed by atoms with Crippen molar-refractivity contribution in [3.8, 4) is 5.69 Å². The van der Waals surface area contributed by atoms with Crippen LogP contribution in [0, 0.1) is 0 Å². The fraction of sp³-hybridized carbons (Fsp3) is 0.0588. The average Bonchev–Trinajstić information content (AvgIpc) is 3.00. The van der Waals surface area contributed by atoms with Crippen LogP contribution in [0.2, 0.25) is 5.02 Å². The molecular formula is C17H13ClN4O3S. The first-order valence-electron chi connectivity index (χ1n) is 7.68. The second-order valence-corrected chi connectivity index (χ2v) is 7.84. The number of benzene rings is 2. The van der Waals surface area contributed by atoms with Crippen molar-refractivity contribution in [2.45, 2.75) is 11.4 Å². The highest BCUT2D eigenvalue weighted by molar-refractivity contribution is 7.89. The maximum absolute atomic E-state index is 12.6. The molecule has 1 amide bonds. The number of carbonyl (C=O) groups is 1. The van der Waals surface area contributed by atoms with Gasteiger partial charge in [0.1, 0.15) is 11.2 Å². The van der Waals surface area contributed by atoms with Crippen molar-refractivity contribution in [1.82, 2.24) is 14.3 Å². The van der Waals surface area contributed by atoms with Crippen LogP contribution < -0.4 is 10.0 Å². The molecule has 1 aromatic heterocycles. The molecule has 9 heteroatoms. The molecule has 0 atom stereocenters. The van der Waals surface area contributed by atoms with Crippen LogP contribution in [-0.2, 0) is 16.6 Å². The summed E-state index contributed by atoms with van der Waals surface area (Å²) < 4.78 is 28.9. The molecule has 132 valence electrons. The minimum atomic E-state index is -3.67. The van der Waals surface area contributed by atoms with E-state index < -0.39 is 15.9 Å². The number of rotatable bonds is 2. The molecule has 2 aromatic carbocycles. The fourth-order valence-electron chi connectivity index (χ4n) is 2.82. The Hall–Kier alpha value is -2.68. The van der Waals surface area contributed by atoms with Crippen molar-refractivity contribution in [2.24, 2.45) is 0 Å². The summed E-state index contributed by atoms with van der Waals surface area (Å²) in [5.74, 6) is -0.445. The van der Waals surface area contributed by atoms with Gasteiger partial charge in [-0.05, 0) is 30.3 Å². The Morgan fingerprint density at radius 1 is 1.19 bits per heavy atom. The number of nitrogens with zero attached hydrogens (tertiary/aromatic N) is 2. The lowest BCUT2D eigenvalue weighted by Crippen LogP contribution is -2.23. The molecule has 26 heavy (non-hydrogen) atoms. The maximum Gasteiger partial charge on any atom is 0.276 e. The molecule has 0 saturated heterocycles. The molecule has 0 spiro atoms. The molecule has 2 heterocycles. The maximum atomic E-state index is 12.6. The molecule has 7 nitrogen and oxygen atoms in total. The van der Waals surface area contributed by atoms with E-state index in [4.69, 9.17) is 11.6 Å². The Labute approximate surface area is 154 Å². The molecule has 1 aliphatic heterocycles. The number of imidazole rings is 1. The van der Waals surface area contributed by atoms with Crippen LogP contribution in [0.25, 0.3) is 5.69 Å². The highest BCUT2D eigenvalue weighted by Crippen LogP contribution is 2.26. The Morgan fingerprint density at radius 2 is 2.00 bits per heavy atom. The zero-order chi connectivity index (χ0) is 18.3. The topological polar surface area (TPSA) is 93.1 Å². The van der Waals surface area contributed by atoms with Gasteiger partial charge in [0, 0.05) is 10.7 Å². The quantitative estimate of drug-likeness (QED) is 0.705. The van der Waals surface area contributed by atoms with E-state index in [-0.39, 0.29) is 17.1 Å². The molecule has 1 aliphatic rings. The van der Waals surface area contributed by atoms with Gasteiger partial charge in [0.25, 0.3) is 5.91 Å². The molecule has 0 aliphatic carbocycles. The van der Waals surface area contributed by atoms with Gasteiger partial charge in [0.15, 0.2) is 5.69 Å². The third kappa shape index (κ3) is 2.88. The second kappa shape index (κ2) is 6.24. The molecular weight excluding hydrogens is 376 g/mol. The normalized spacial score (nSPS) is 14.8. The minimum absolute atomic E-state index is 0.0463. The second-order valence-electron chi connectivity index (χ2n) is 5.67. The molecule has 0 bridgehead atoms. The van der Waals surface area contributed by atoms with Gasteiger partial charge in [0.2, 0.25) is 10.0 Å². The minimum Gasteiger partial charge on any atom is -0.321 e. The van der Waals surface area contributed by atoms with Gasteiger partial charge in [-0.1, -0.05) is 29.8 Å². The van der Waals surface area contributed by atoms with E-state index in [9.17, 15) is 13.2 Å². The Kier molecular flexibility index (Phi) is 4.03. The predicted octanol–water partition coefficient (Wildman–Crippen LogP) is 2.57. The lowest BCUT2D eigenvalue weighted by molar-refractivity contribution is 0.102. The standard InChI is InChI=1S/C17H13ClN4O3S/c18-11-4-3-5-12(8-11)21-17(23)16-14-9-20-26(24,25)15-7-2-1-6-13(15)22(14)10-19-16/h1-8,10,20H,9H2,(H,21,23). The predicted molar refractivity (Wildman–Crippen MR) is 97.0 cm³/mol. The van der Waals surface area contributed by atoms with Crippen molar-refractivity contribution in [3.05, 3.63) is 71.3 Å². The van der Waals surface area contributed by atoms with Crippen LogP contribution in [-0.4, -0.2) is 23.9 Å². The monoisotopic (exact) mass is 388 g/mol. The van der Waals surface area contributed by atoms with Gasteiger partial charge in [-0.3, -0.25) is 9.36 Å². The number of amides is 1. The number of hydrogen-bond acceptors (Lipinski definition) is 4. The molecule has 0 saturated carbocycles. The van der Waals surface area contributed by atoms with Crippen LogP contribution >= 0.6 is 11.6 Å². The third-order valence-corrected chi connectivity index (χ3v) is 5.69. The zero-order valence-electron chi connectivity index (χ0n) is 13.3. The summed E-state index contributed by atoms with van der Waals surface area (Å²) in [6.07, 6.45) is 1.45. The Balaban J connectivity index is 1.76. The highest BCUT2D eigenvalue weighted by Gasteiger charge is 2.28. The number of para-hydroxylation sites is 1. The summed E-state index contributed by atoms with van der Waals surface area (Å²) in [6, 6.07) is 13.3. The van der Waals surface area contributed by atoms with Crippen molar-refractivity contribution in [3.63, 3.8) is 0 Å². The van der Waals surface area contributed by atoms with E-state index in [1.165, 1.54) is 12.4 Å². The summed E-state index contributed by atoms with van der Waals surface area (Å²) in [5.41, 5.74) is 1.57. The molecule has 0 radical (unpaired) electrons. The molecule has 2 N–H and O–H groups in total. The van der Waals surface area contributed by atoms with E-state index in [0.717, 1.165) is 0 Å². The summed E-state index contributed by atoms with van der Waals surface area (Å²) in [4.78, 5) is 17.0. The van der Waals surface area contributed by atoms with Crippen molar-refractivity contribution >= 4 is 33.2 Å². The first-order chi connectivity index (χ1) is 12.5. The number of aromatic nitrogens is 2. The first kappa shape index (κ1) is 16.8. The number of nitrogens with one attached hydrogen (secondary N) is 2. The third-order valence-electron chi connectivity index (χ3n) is 4.01. The molecule has 3 aromatic rings. The SMILES string of the molecule is O=C(Nc1cccc(Cl)c1)c1ncn2c1CNS(=O)(=O)c1ccccc1-2. The Bertz CT molecular complexity index is 1120. The first-order valence-corrected chi connectivity index (χ1v) is 9.54. The van der Waals surface area contributed by atoms with Gasteiger partial charge in [-0.25, -0.2) is 18.1 Å². The Morgan fingerprint density at radius 3 is 2.81 bits per heavy atom. The lowest BCUT2D eigenvalue weighted by Gasteiger charge is -2.08. The number of fused-ring (bicyclic) bond motifs is 3.